The first-order valence-electron chi connectivity index (χ1n) is 7.39. The van der Waals surface area contributed by atoms with Gasteiger partial charge in [0.2, 0.25) is 0 Å². The summed E-state index contributed by atoms with van der Waals surface area (Å²) in [5.74, 6) is 0.569. The van der Waals surface area contributed by atoms with Crippen molar-refractivity contribution in [1.29, 1.82) is 0 Å². The average molecular weight is 305 g/mol. The number of nitrogens with zero attached hydrogens (tertiary/aromatic N) is 2. The van der Waals surface area contributed by atoms with Gasteiger partial charge in [-0.3, -0.25) is 9.36 Å². The summed E-state index contributed by atoms with van der Waals surface area (Å²) in [7, 11) is 0. The Labute approximate surface area is 133 Å². The fraction of sp³-hybridized carbons (Fsp3) is 0.111. The minimum absolute atomic E-state index is 0.226. The summed E-state index contributed by atoms with van der Waals surface area (Å²) >= 11 is 0. The largest absolute Gasteiger partial charge is 0.485 e. The molecule has 0 spiro atoms. The van der Waals surface area contributed by atoms with Gasteiger partial charge in [-0.15, -0.1) is 0 Å². The van der Waals surface area contributed by atoms with Crippen molar-refractivity contribution in [2.75, 3.05) is 5.32 Å². The molecule has 5 nitrogen and oxygen atoms in total. The summed E-state index contributed by atoms with van der Waals surface area (Å²) in [6.07, 6.45) is 1.67. The molecule has 1 aliphatic rings. The van der Waals surface area contributed by atoms with E-state index in [1.807, 2.05) is 60.0 Å². The van der Waals surface area contributed by atoms with E-state index < -0.39 is 0 Å². The Morgan fingerprint density at radius 2 is 1.96 bits per heavy atom. The second-order valence-electron chi connectivity index (χ2n) is 5.44. The first-order chi connectivity index (χ1) is 11.2. The molecule has 114 valence electrons. The van der Waals surface area contributed by atoms with Gasteiger partial charge in [0.05, 0.1) is 11.4 Å². The van der Waals surface area contributed by atoms with Crippen LogP contribution in [0.25, 0.3) is 5.69 Å². The van der Waals surface area contributed by atoms with Crippen molar-refractivity contribution >= 4 is 11.6 Å². The number of carbonyl (C=O) groups is 1. The number of nitrogens with one attached hydrogen (secondary N) is 1. The highest BCUT2D eigenvalue weighted by Gasteiger charge is 2.24. The number of carbonyl (C=O) groups excluding carboxylic acids is 1. The van der Waals surface area contributed by atoms with E-state index >= 15 is 0 Å². The minimum atomic E-state index is -0.226. The number of aryl methyl sites for hydroxylation is 1. The fourth-order valence-corrected chi connectivity index (χ4v) is 2.73. The van der Waals surface area contributed by atoms with Crippen molar-refractivity contribution in [3.05, 3.63) is 71.8 Å². The highest BCUT2D eigenvalue weighted by Crippen LogP contribution is 2.30. The lowest BCUT2D eigenvalue weighted by molar-refractivity contribution is 0.101. The molecule has 1 aliphatic heterocycles. The van der Waals surface area contributed by atoms with Crippen LogP contribution in [0.2, 0.25) is 0 Å². The molecule has 0 saturated heterocycles. The minimum Gasteiger partial charge on any atom is -0.485 e. The number of imidazole rings is 1. The van der Waals surface area contributed by atoms with E-state index in [0.717, 1.165) is 28.4 Å². The lowest BCUT2D eigenvalue weighted by Gasteiger charge is -2.20. The van der Waals surface area contributed by atoms with Crippen LogP contribution in [0.1, 0.15) is 21.7 Å². The van der Waals surface area contributed by atoms with Crippen molar-refractivity contribution in [2.24, 2.45) is 0 Å². The highest BCUT2D eigenvalue weighted by molar-refractivity contribution is 6.04. The monoisotopic (exact) mass is 305 g/mol. The predicted molar refractivity (Wildman–Crippen MR) is 87.0 cm³/mol. The average Bonchev–Trinajstić information content (AvgIpc) is 3.01. The van der Waals surface area contributed by atoms with Crippen molar-refractivity contribution in [3.8, 4) is 11.4 Å². The number of anilines is 1. The first kappa shape index (κ1) is 13.6. The number of benzene rings is 2. The number of aromatic nitrogens is 2. The first-order valence-corrected chi connectivity index (χ1v) is 7.39. The summed E-state index contributed by atoms with van der Waals surface area (Å²) in [6, 6.07) is 15.4. The molecule has 5 heteroatoms. The Kier molecular flexibility index (Phi) is 3.12. The van der Waals surface area contributed by atoms with E-state index in [2.05, 4.69) is 10.3 Å². The van der Waals surface area contributed by atoms with E-state index in [9.17, 15) is 4.79 Å². The fourth-order valence-electron chi connectivity index (χ4n) is 2.73. The zero-order valence-corrected chi connectivity index (χ0v) is 12.6. The Hall–Kier alpha value is -3.08. The van der Waals surface area contributed by atoms with Crippen molar-refractivity contribution in [2.45, 2.75) is 13.5 Å². The van der Waals surface area contributed by atoms with Crippen molar-refractivity contribution in [1.82, 2.24) is 9.55 Å². The van der Waals surface area contributed by atoms with Gasteiger partial charge in [0, 0.05) is 5.69 Å². The van der Waals surface area contributed by atoms with Crippen LogP contribution in [0.3, 0.4) is 0 Å². The number of amides is 1. The summed E-state index contributed by atoms with van der Waals surface area (Å²) in [5, 5.41) is 2.92. The molecule has 2 aromatic carbocycles. The third-order valence-corrected chi connectivity index (χ3v) is 3.96. The van der Waals surface area contributed by atoms with Crippen LogP contribution in [0.5, 0.6) is 5.75 Å². The molecule has 1 aromatic heterocycles. The van der Waals surface area contributed by atoms with Gasteiger partial charge in [0.25, 0.3) is 5.91 Å². The molecular formula is C18H15N3O2. The van der Waals surface area contributed by atoms with Crippen LogP contribution >= 0.6 is 0 Å². The van der Waals surface area contributed by atoms with Gasteiger partial charge >= 0.3 is 0 Å². The molecule has 0 fully saturated rings. The standard InChI is InChI=1S/C18H15N3O2/c1-12-6-2-3-7-13(12)20-18(22)17-15-10-23-16-9-5-4-8-14(16)21(15)11-19-17/h2-9,11H,10H2,1H3,(H,20,22). The molecule has 0 bridgehead atoms. The van der Waals surface area contributed by atoms with Gasteiger partial charge < -0.3 is 10.1 Å². The Balaban J connectivity index is 1.69. The third-order valence-electron chi connectivity index (χ3n) is 3.96. The summed E-state index contributed by atoms with van der Waals surface area (Å²) < 4.78 is 7.64. The molecule has 0 saturated carbocycles. The molecule has 2 heterocycles. The number of hydrogen-bond acceptors (Lipinski definition) is 3. The van der Waals surface area contributed by atoms with Crippen LogP contribution in [0.4, 0.5) is 5.69 Å². The van der Waals surface area contributed by atoms with E-state index in [0.29, 0.717) is 12.3 Å². The quantitative estimate of drug-likeness (QED) is 0.790. The number of fused-ring (bicyclic) bond motifs is 3. The Bertz CT molecular complexity index is 899. The zero-order chi connectivity index (χ0) is 15.8. The van der Waals surface area contributed by atoms with Crippen LogP contribution < -0.4 is 10.1 Å². The molecule has 4 rings (SSSR count). The van der Waals surface area contributed by atoms with E-state index in [-0.39, 0.29) is 5.91 Å². The van der Waals surface area contributed by atoms with Crippen molar-refractivity contribution in [3.63, 3.8) is 0 Å². The van der Waals surface area contributed by atoms with Gasteiger partial charge in [0.1, 0.15) is 18.7 Å². The van der Waals surface area contributed by atoms with Crippen LogP contribution in [0.15, 0.2) is 54.9 Å². The maximum absolute atomic E-state index is 12.6. The van der Waals surface area contributed by atoms with E-state index in [1.165, 1.54) is 0 Å². The number of para-hydroxylation sites is 3. The van der Waals surface area contributed by atoms with Gasteiger partial charge in [-0.2, -0.15) is 0 Å². The SMILES string of the molecule is Cc1ccccc1NC(=O)c1ncn2c1COc1ccccc1-2. The lowest BCUT2D eigenvalue weighted by atomic mass is 10.2. The van der Waals surface area contributed by atoms with Crippen LogP contribution in [0, 0.1) is 6.92 Å². The number of ether oxygens (including phenoxy) is 1. The van der Waals surface area contributed by atoms with Crippen LogP contribution in [-0.2, 0) is 6.61 Å². The van der Waals surface area contributed by atoms with Crippen molar-refractivity contribution < 1.29 is 9.53 Å². The van der Waals surface area contributed by atoms with E-state index in [1.54, 1.807) is 6.33 Å². The van der Waals surface area contributed by atoms with Crippen LogP contribution in [-0.4, -0.2) is 15.5 Å². The molecule has 1 N–H and O–H groups in total. The molecule has 3 aromatic rings. The second-order valence-corrected chi connectivity index (χ2v) is 5.44. The summed E-state index contributed by atoms with van der Waals surface area (Å²) in [4.78, 5) is 16.9. The van der Waals surface area contributed by atoms with Gasteiger partial charge in [0.15, 0.2) is 5.69 Å². The normalized spacial score (nSPS) is 12.0. The molecule has 0 atom stereocenters. The molecule has 0 aliphatic carbocycles. The third kappa shape index (κ3) is 2.26. The van der Waals surface area contributed by atoms with E-state index in [4.69, 9.17) is 4.74 Å². The molecule has 23 heavy (non-hydrogen) atoms. The number of hydrogen-bond donors (Lipinski definition) is 1. The van der Waals surface area contributed by atoms with Gasteiger partial charge in [-0.1, -0.05) is 30.3 Å². The Morgan fingerprint density at radius 1 is 1.17 bits per heavy atom. The Morgan fingerprint density at radius 3 is 2.83 bits per heavy atom. The summed E-state index contributed by atoms with van der Waals surface area (Å²) in [5.41, 5.74) is 3.85. The highest BCUT2D eigenvalue weighted by atomic mass is 16.5. The smallest absolute Gasteiger partial charge is 0.276 e. The predicted octanol–water partition coefficient (Wildman–Crippen LogP) is 3.33. The molecule has 1 amide bonds. The molecule has 0 radical (unpaired) electrons. The van der Waals surface area contributed by atoms with Gasteiger partial charge in [-0.05, 0) is 30.7 Å². The van der Waals surface area contributed by atoms with Gasteiger partial charge in [-0.25, -0.2) is 4.98 Å². The lowest BCUT2D eigenvalue weighted by Crippen LogP contribution is -2.19. The topological polar surface area (TPSA) is 56.2 Å². The second kappa shape index (κ2) is 5.28. The molecule has 0 unspecified atom stereocenters. The number of rotatable bonds is 2. The zero-order valence-electron chi connectivity index (χ0n) is 12.6. The maximum Gasteiger partial charge on any atom is 0.276 e. The molecular weight excluding hydrogens is 290 g/mol. The maximum atomic E-state index is 12.6. The summed E-state index contributed by atoms with van der Waals surface area (Å²) in [6.45, 7) is 2.28.